The molecule has 3 heterocycles. The second-order valence-corrected chi connectivity index (χ2v) is 13.5. The third-order valence-corrected chi connectivity index (χ3v) is 9.01. The molecule has 0 radical (unpaired) electrons. The summed E-state index contributed by atoms with van der Waals surface area (Å²) in [4.78, 5) is 16.4. The van der Waals surface area contributed by atoms with Gasteiger partial charge in [0, 0.05) is 63.1 Å². The van der Waals surface area contributed by atoms with Crippen molar-refractivity contribution in [2.75, 3.05) is 87.0 Å². The Morgan fingerprint density at radius 2 is 1.66 bits per heavy atom. The van der Waals surface area contributed by atoms with Crippen LogP contribution in [0.25, 0.3) is 0 Å². The monoisotopic (exact) mass is 644 g/mol. The summed E-state index contributed by atoms with van der Waals surface area (Å²) in [5, 5.41) is 6.64. The molecule has 2 aromatic carbocycles. The van der Waals surface area contributed by atoms with Crippen LogP contribution < -0.4 is 29.7 Å². The van der Waals surface area contributed by atoms with Gasteiger partial charge in [0.05, 0.1) is 43.7 Å². The predicted octanol–water partition coefficient (Wildman–Crippen LogP) is 4.53. The average Bonchev–Trinajstić information content (AvgIpc) is 2.99. The lowest BCUT2D eigenvalue weighted by atomic mass is 10.0. The van der Waals surface area contributed by atoms with Gasteiger partial charge in [-0.3, -0.25) is 9.62 Å². The van der Waals surface area contributed by atoms with Crippen LogP contribution in [0, 0.1) is 6.92 Å². The number of halogens is 1. The third-order valence-electron chi connectivity index (χ3n) is 8.14. The molecule has 0 bridgehead atoms. The number of ether oxygens (including phenoxy) is 2. The first-order valence-corrected chi connectivity index (χ1v) is 16.9. The van der Waals surface area contributed by atoms with Crippen LogP contribution in [-0.4, -0.2) is 101 Å². The summed E-state index contributed by atoms with van der Waals surface area (Å²) in [7, 11) is 1.80. The Labute approximate surface area is 264 Å². The van der Waals surface area contributed by atoms with Gasteiger partial charge in [-0.1, -0.05) is 11.6 Å². The summed E-state index contributed by atoms with van der Waals surface area (Å²) < 4.78 is 37.5. The Bertz CT molecular complexity index is 1580. The molecule has 3 aromatic rings. The minimum atomic E-state index is -3.55. The van der Waals surface area contributed by atoms with Gasteiger partial charge in [0.25, 0.3) is 0 Å². The summed E-state index contributed by atoms with van der Waals surface area (Å²) in [6.07, 6.45) is 4.85. The number of piperazine rings is 1. The molecule has 2 fully saturated rings. The van der Waals surface area contributed by atoms with Gasteiger partial charge in [-0.15, -0.1) is 0 Å². The van der Waals surface area contributed by atoms with Gasteiger partial charge < -0.3 is 29.9 Å². The highest BCUT2D eigenvalue weighted by Crippen LogP contribution is 2.37. The summed E-state index contributed by atoms with van der Waals surface area (Å²) in [6.45, 7) is 8.69. The molecule has 0 spiro atoms. The van der Waals surface area contributed by atoms with Crippen molar-refractivity contribution in [2.24, 2.45) is 0 Å². The van der Waals surface area contributed by atoms with Crippen molar-refractivity contribution in [3.05, 3.63) is 47.1 Å². The number of piperidine rings is 1. The Morgan fingerprint density at radius 1 is 0.932 bits per heavy atom. The standard InChI is InChI=1S/C30H41ClN8O4S/c1-20-16-26(28(43-4)18-27(20)39-10-8-21(9-11-39)38-14-12-37(2)13-15-38)34-30-32-19-23(31)29(35-30)33-24-7-6-22(42-3)17-25(24)36-44(5,40)41/h6-7,16-19,21,36H,8-15H2,1-5H3,(H2,32,33,34,35). The van der Waals surface area contributed by atoms with Crippen LogP contribution in [0.3, 0.4) is 0 Å². The fourth-order valence-corrected chi connectivity index (χ4v) is 6.46. The number of rotatable bonds is 10. The van der Waals surface area contributed by atoms with E-state index in [1.165, 1.54) is 13.3 Å². The molecule has 0 aliphatic carbocycles. The zero-order valence-electron chi connectivity index (χ0n) is 25.9. The van der Waals surface area contributed by atoms with Crippen LogP contribution in [0.5, 0.6) is 11.5 Å². The van der Waals surface area contributed by atoms with Crippen LogP contribution in [-0.2, 0) is 10.0 Å². The van der Waals surface area contributed by atoms with Crippen LogP contribution in [0.15, 0.2) is 36.5 Å². The molecule has 2 aliphatic heterocycles. The van der Waals surface area contributed by atoms with E-state index in [4.69, 9.17) is 21.1 Å². The Kier molecular flexibility index (Phi) is 9.88. The minimum Gasteiger partial charge on any atom is -0.497 e. The van der Waals surface area contributed by atoms with E-state index < -0.39 is 10.0 Å². The number of anilines is 6. The lowest BCUT2D eigenvalue weighted by Crippen LogP contribution is -2.52. The van der Waals surface area contributed by atoms with Crippen LogP contribution in [0.4, 0.5) is 34.5 Å². The summed E-state index contributed by atoms with van der Waals surface area (Å²) in [5.41, 5.74) is 3.73. The quantitative estimate of drug-likeness (QED) is 0.288. The molecule has 44 heavy (non-hydrogen) atoms. The normalized spacial score (nSPS) is 16.9. The molecule has 5 rings (SSSR count). The first kappa shape index (κ1) is 31.9. The van der Waals surface area contributed by atoms with Crippen molar-refractivity contribution >= 4 is 56.1 Å². The largest absolute Gasteiger partial charge is 0.497 e. The van der Waals surface area contributed by atoms with E-state index in [-0.39, 0.29) is 10.7 Å². The van der Waals surface area contributed by atoms with E-state index in [0.717, 1.165) is 75.3 Å². The summed E-state index contributed by atoms with van der Waals surface area (Å²) in [6, 6.07) is 9.71. The molecule has 0 amide bonds. The van der Waals surface area contributed by atoms with Gasteiger partial charge in [0.15, 0.2) is 5.82 Å². The number of nitrogens with zero attached hydrogens (tertiary/aromatic N) is 5. The maximum absolute atomic E-state index is 12.0. The number of methoxy groups -OCH3 is 2. The minimum absolute atomic E-state index is 0.259. The molecule has 14 heteroatoms. The van der Waals surface area contributed by atoms with E-state index in [0.29, 0.717) is 35.0 Å². The molecule has 2 saturated heterocycles. The zero-order chi connectivity index (χ0) is 31.4. The Balaban J connectivity index is 1.31. The fourth-order valence-electron chi connectivity index (χ4n) is 5.75. The van der Waals surface area contributed by atoms with Gasteiger partial charge in [0.1, 0.15) is 16.5 Å². The lowest BCUT2D eigenvalue weighted by molar-refractivity contribution is 0.0982. The first-order chi connectivity index (χ1) is 21.0. The Morgan fingerprint density at radius 3 is 2.32 bits per heavy atom. The molecule has 1 aromatic heterocycles. The highest BCUT2D eigenvalue weighted by atomic mass is 35.5. The molecule has 0 unspecified atom stereocenters. The average molecular weight is 645 g/mol. The van der Waals surface area contributed by atoms with E-state index >= 15 is 0 Å². The molecule has 0 saturated carbocycles. The SMILES string of the molecule is COc1ccc(Nc2nc(Nc3cc(C)c(N4CCC(N5CCN(C)CC5)CC4)cc3OC)ncc2Cl)c(NS(C)(=O)=O)c1. The number of likely N-dealkylation sites (N-methyl/N-ethyl adjacent to an activating group) is 1. The van der Waals surface area contributed by atoms with Crippen molar-refractivity contribution in [3.8, 4) is 11.5 Å². The third kappa shape index (κ3) is 7.76. The topological polar surface area (TPSA) is 124 Å². The molecule has 0 atom stereocenters. The molecule has 238 valence electrons. The van der Waals surface area contributed by atoms with Crippen LogP contribution in [0.2, 0.25) is 5.02 Å². The number of nitrogens with one attached hydrogen (secondary N) is 3. The smallest absolute Gasteiger partial charge is 0.229 e. The number of aromatic nitrogens is 2. The Hall–Kier alpha value is -3.52. The van der Waals surface area contributed by atoms with Gasteiger partial charge in [-0.2, -0.15) is 4.98 Å². The van der Waals surface area contributed by atoms with Crippen LogP contribution >= 0.6 is 11.6 Å². The number of hydrogen-bond donors (Lipinski definition) is 3. The van der Waals surface area contributed by atoms with E-state index in [2.05, 4.69) is 60.1 Å². The highest BCUT2D eigenvalue weighted by Gasteiger charge is 2.28. The van der Waals surface area contributed by atoms with Gasteiger partial charge >= 0.3 is 0 Å². The maximum Gasteiger partial charge on any atom is 0.229 e. The van der Waals surface area contributed by atoms with E-state index in [1.807, 2.05) is 6.07 Å². The predicted molar refractivity (Wildman–Crippen MR) is 177 cm³/mol. The van der Waals surface area contributed by atoms with E-state index in [1.54, 1.807) is 25.3 Å². The van der Waals surface area contributed by atoms with E-state index in [9.17, 15) is 8.42 Å². The fraction of sp³-hybridized carbons (Fsp3) is 0.467. The van der Waals surface area contributed by atoms with Crippen molar-refractivity contribution in [3.63, 3.8) is 0 Å². The number of benzene rings is 2. The molecule has 12 nitrogen and oxygen atoms in total. The van der Waals surface area contributed by atoms with Crippen molar-refractivity contribution in [2.45, 2.75) is 25.8 Å². The number of aryl methyl sites for hydroxylation is 1. The zero-order valence-corrected chi connectivity index (χ0v) is 27.4. The second-order valence-electron chi connectivity index (χ2n) is 11.3. The first-order valence-electron chi connectivity index (χ1n) is 14.6. The molecule has 3 N–H and O–H groups in total. The number of hydrogen-bond acceptors (Lipinski definition) is 11. The van der Waals surface area contributed by atoms with Gasteiger partial charge in [-0.25, -0.2) is 13.4 Å². The second kappa shape index (κ2) is 13.6. The maximum atomic E-state index is 12.0. The molecular formula is C30H41ClN8O4S. The van der Waals surface area contributed by atoms with Crippen LogP contribution in [0.1, 0.15) is 18.4 Å². The highest BCUT2D eigenvalue weighted by molar-refractivity contribution is 7.92. The van der Waals surface area contributed by atoms with Crippen molar-refractivity contribution in [1.82, 2.24) is 19.8 Å². The van der Waals surface area contributed by atoms with Gasteiger partial charge in [0.2, 0.25) is 16.0 Å². The summed E-state index contributed by atoms with van der Waals surface area (Å²) >= 11 is 6.44. The van der Waals surface area contributed by atoms with Gasteiger partial charge in [-0.05, 0) is 50.6 Å². The molecular weight excluding hydrogens is 604 g/mol. The van der Waals surface area contributed by atoms with Crippen molar-refractivity contribution < 1.29 is 17.9 Å². The number of sulfonamides is 1. The lowest BCUT2D eigenvalue weighted by Gasteiger charge is -2.43. The van der Waals surface area contributed by atoms with Crippen molar-refractivity contribution in [1.29, 1.82) is 0 Å². The molecule has 2 aliphatic rings. The summed E-state index contributed by atoms with van der Waals surface area (Å²) in [5.74, 6) is 1.75.